The average Bonchev–Trinajstić information content (AvgIpc) is 3.06. The second kappa shape index (κ2) is 9.12. The molecular weight excluding hydrogens is 364 g/mol. The largest absolute Gasteiger partial charge is 0.462 e. The van der Waals surface area contributed by atoms with Gasteiger partial charge in [0.2, 0.25) is 0 Å². The predicted molar refractivity (Wildman–Crippen MR) is 105 cm³/mol. The van der Waals surface area contributed by atoms with E-state index in [4.69, 9.17) is 9.47 Å². The average molecular weight is 389 g/mol. The van der Waals surface area contributed by atoms with Crippen LogP contribution in [-0.2, 0) is 14.3 Å². The molecule has 7 heteroatoms. The van der Waals surface area contributed by atoms with Crippen LogP contribution in [0.4, 0.5) is 5.00 Å². The van der Waals surface area contributed by atoms with Gasteiger partial charge in [-0.25, -0.2) is 4.79 Å². The normalized spacial score (nSPS) is 14.7. The highest BCUT2D eigenvalue weighted by Gasteiger charge is 2.24. The lowest BCUT2D eigenvalue weighted by molar-refractivity contribution is -0.899. The van der Waals surface area contributed by atoms with Crippen molar-refractivity contribution < 1.29 is 24.0 Å². The number of rotatable bonds is 6. The lowest BCUT2D eigenvalue weighted by atomic mass is 10.0. The zero-order chi connectivity index (χ0) is 19.2. The van der Waals surface area contributed by atoms with E-state index in [2.05, 4.69) is 5.32 Å². The van der Waals surface area contributed by atoms with Gasteiger partial charge in [-0.15, -0.1) is 11.3 Å². The summed E-state index contributed by atoms with van der Waals surface area (Å²) < 4.78 is 10.6. The van der Waals surface area contributed by atoms with Crippen molar-refractivity contribution in [3.8, 4) is 11.1 Å². The minimum Gasteiger partial charge on any atom is -0.462 e. The van der Waals surface area contributed by atoms with Gasteiger partial charge in [0.15, 0.2) is 6.54 Å². The molecule has 0 aliphatic carbocycles. The van der Waals surface area contributed by atoms with Crippen LogP contribution in [0, 0.1) is 6.92 Å². The number of hydrogen-bond acceptors (Lipinski definition) is 5. The van der Waals surface area contributed by atoms with Crippen molar-refractivity contribution >= 4 is 28.2 Å². The molecule has 0 spiro atoms. The third kappa shape index (κ3) is 4.94. The molecule has 6 nitrogen and oxygen atoms in total. The quantitative estimate of drug-likeness (QED) is 0.739. The molecule has 0 atom stereocenters. The van der Waals surface area contributed by atoms with Gasteiger partial charge in [0, 0.05) is 10.9 Å². The molecule has 1 aliphatic rings. The lowest BCUT2D eigenvalue weighted by Gasteiger charge is -2.23. The van der Waals surface area contributed by atoms with Gasteiger partial charge in [-0.1, -0.05) is 29.8 Å². The number of carbonyl (C=O) groups is 2. The SMILES string of the molecule is CCOC(=O)c1c(-c2ccc(C)cc2)csc1NC(=O)C[NH+]1CCOCC1. The molecule has 2 heterocycles. The van der Waals surface area contributed by atoms with Crippen molar-refractivity contribution in [1.82, 2.24) is 0 Å². The fraction of sp³-hybridized carbons (Fsp3) is 0.400. The Labute approximate surface area is 163 Å². The van der Waals surface area contributed by atoms with E-state index >= 15 is 0 Å². The topological polar surface area (TPSA) is 69.1 Å². The number of ether oxygens (including phenoxy) is 2. The number of esters is 1. The van der Waals surface area contributed by atoms with Crippen LogP contribution >= 0.6 is 11.3 Å². The third-order valence-electron chi connectivity index (χ3n) is 4.50. The summed E-state index contributed by atoms with van der Waals surface area (Å²) in [6, 6.07) is 7.96. The monoisotopic (exact) mass is 389 g/mol. The summed E-state index contributed by atoms with van der Waals surface area (Å²) in [6.45, 7) is 7.42. The van der Waals surface area contributed by atoms with Crippen LogP contribution in [0.25, 0.3) is 11.1 Å². The summed E-state index contributed by atoms with van der Waals surface area (Å²) in [7, 11) is 0. The fourth-order valence-corrected chi connectivity index (χ4v) is 4.01. The molecule has 1 aromatic carbocycles. The van der Waals surface area contributed by atoms with Crippen LogP contribution in [0.2, 0.25) is 0 Å². The van der Waals surface area contributed by atoms with Gasteiger partial charge in [0.1, 0.15) is 23.7 Å². The number of quaternary nitrogens is 1. The minimum atomic E-state index is -0.414. The zero-order valence-electron chi connectivity index (χ0n) is 15.7. The molecule has 0 radical (unpaired) electrons. The first-order valence-electron chi connectivity index (χ1n) is 9.15. The Morgan fingerprint density at radius 3 is 2.59 bits per heavy atom. The van der Waals surface area contributed by atoms with Gasteiger partial charge in [-0.3, -0.25) is 4.79 Å². The van der Waals surface area contributed by atoms with Crippen molar-refractivity contribution in [3.63, 3.8) is 0 Å². The maximum Gasteiger partial charge on any atom is 0.341 e. The Kier molecular flexibility index (Phi) is 6.60. The number of hydrogen-bond donors (Lipinski definition) is 2. The van der Waals surface area contributed by atoms with Crippen molar-refractivity contribution in [1.29, 1.82) is 0 Å². The number of morpholine rings is 1. The summed E-state index contributed by atoms with van der Waals surface area (Å²) in [5, 5.41) is 5.36. The van der Waals surface area contributed by atoms with E-state index in [1.54, 1.807) is 6.92 Å². The zero-order valence-corrected chi connectivity index (χ0v) is 16.5. The molecule has 1 aromatic heterocycles. The van der Waals surface area contributed by atoms with Gasteiger partial charge < -0.3 is 19.7 Å². The van der Waals surface area contributed by atoms with Gasteiger partial charge in [-0.05, 0) is 19.4 Å². The molecule has 1 fully saturated rings. The molecular formula is C20H25N2O4S+. The maximum absolute atomic E-state index is 12.6. The molecule has 2 N–H and O–H groups in total. The highest BCUT2D eigenvalue weighted by molar-refractivity contribution is 7.15. The Bertz CT molecular complexity index is 795. The summed E-state index contributed by atoms with van der Waals surface area (Å²) >= 11 is 1.35. The van der Waals surface area contributed by atoms with Crippen LogP contribution in [0.3, 0.4) is 0 Å². The van der Waals surface area contributed by atoms with E-state index < -0.39 is 5.97 Å². The van der Waals surface area contributed by atoms with E-state index in [0.717, 1.165) is 29.8 Å². The second-order valence-corrected chi connectivity index (χ2v) is 7.41. The van der Waals surface area contributed by atoms with Crippen molar-refractivity contribution in [2.24, 2.45) is 0 Å². The number of aryl methyl sites for hydroxylation is 1. The lowest BCUT2D eigenvalue weighted by Crippen LogP contribution is -3.15. The van der Waals surface area contributed by atoms with E-state index in [-0.39, 0.29) is 12.5 Å². The van der Waals surface area contributed by atoms with E-state index in [9.17, 15) is 9.59 Å². The number of nitrogens with one attached hydrogen (secondary N) is 2. The van der Waals surface area contributed by atoms with Gasteiger partial charge in [0.25, 0.3) is 5.91 Å². The molecule has 3 rings (SSSR count). The van der Waals surface area contributed by atoms with E-state index in [0.29, 0.717) is 30.3 Å². The smallest absolute Gasteiger partial charge is 0.341 e. The summed E-state index contributed by atoms with van der Waals surface area (Å²) in [6.07, 6.45) is 0. The molecule has 2 aromatic rings. The molecule has 0 bridgehead atoms. The molecule has 27 heavy (non-hydrogen) atoms. The fourth-order valence-electron chi connectivity index (χ4n) is 3.04. The first-order valence-corrected chi connectivity index (χ1v) is 10.0. The van der Waals surface area contributed by atoms with Gasteiger partial charge >= 0.3 is 5.97 Å². The highest BCUT2D eigenvalue weighted by atomic mass is 32.1. The Morgan fingerprint density at radius 2 is 1.93 bits per heavy atom. The third-order valence-corrected chi connectivity index (χ3v) is 5.39. The number of thiophene rings is 1. The molecule has 0 saturated carbocycles. The highest BCUT2D eigenvalue weighted by Crippen LogP contribution is 2.36. The maximum atomic E-state index is 12.6. The summed E-state index contributed by atoms with van der Waals surface area (Å²) in [5.41, 5.74) is 3.29. The minimum absolute atomic E-state index is 0.102. The van der Waals surface area contributed by atoms with Gasteiger partial charge in [-0.2, -0.15) is 0 Å². The van der Waals surface area contributed by atoms with E-state index in [1.807, 2.05) is 36.6 Å². The number of benzene rings is 1. The Balaban J connectivity index is 1.82. The predicted octanol–water partition coefficient (Wildman–Crippen LogP) is 1.75. The van der Waals surface area contributed by atoms with Crippen molar-refractivity contribution in [3.05, 3.63) is 40.8 Å². The summed E-state index contributed by atoms with van der Waals surface area (Å²) in [5.74, 6) is -0.516. The first-order chi connectivity index (χ1) is 13.1. The van der Waals surface area contributed by atoms with Crippen LogP contribution < -0.4 is 10.2 Å². The van der Waals surface area contributed by atoms with Crippen molar-refractivity contribution in [2.75, 3.05) is 44.8 Å². The molecule has 1 saturated heterocycles. The molecule has 1 amide bonds. The number of carbonyl (C=O) groups excluding carboxylic acids is 2. The number of amides is 1. The Hall–Kier alpha value is -2.22. The standard InChI is InChI=1S/C20H24N2O4S/c1-3-26-20(24)18-16(15-6-4-14(2)5-7-15)13-27-19(18)21-17(23)12-22-8-10-25-11-9-22/h4-7,13H,3,8-12H2,1-2H3,(H,21,23)/p+1. The van der Waals surface area contributed by atoms with Crippen LogP contribution in [0.1, 0.15) is 22.8 Å². The van der Waals surface area contributed by atoms with E-state index in [1.165, 1.54) is 16.2 Å². The van der Waals surface area contributed by atoms with Crippen molar-refractivity contribution in [2.45, 2.75) is 13.8 Å². The first kappa shape index (κ1) is 19.5. The van der Waals surface area contributed by atoms with Crippen LogP contribution in [-0.4, -0.2) is 51.3 Å². The second-order valence-electron chi connectivity index (χ2n) is 6.53. The molecule has 144 valence electrons. The van der Waals surface area contributed by atoms with Crippen LogP contribution in [0.15, 0.2) is 29.6 Å². The summed E-state index contributed by atoms with van der Waals surface area (Å²) in [4.78, 5) is 26.2. The molecule has 1 aliphatic heterocycles. The Morgan fingerprint density at radius 1 is 1.22 bits per heavy atom. The number of anilines is 1. The van der Waals surface area contributed by atoms with Crippen LogP contribution in [0.5, 0.6) is 0 Å². The molecule has 0 unspecified atom stereocenters. The van der Waals surface area contributed by atoms with Gasteiger partial charge in [0.05, 0.1) is 19.8 Å².